The second-order valence-electron chi connectivity index (χ2n) is 8.73. The molecule has 0 spiro atoms. The number of hydrogen-bond donors (Lipinski definition) is 2. The molecular formula is C24H39N5O2. The molecule has 7 heteroatoms. The molecule has 2 N–H and O–H groups in total. The summed E-state index contributed by atoms with van der Waals surface area (Å²) in [7, 11) is 0. The molecule has 2 fully saturated rings. The molecule has 172 valence electrons. The molecule has 0 bridgehead atoms. The Kier molecular flexibility index (Phi) is 9.15. The van der Waals surface area contributed by atoms with Crippen LogP contribution in [0.2, 0.25) is 0 Å². The smallest absolute Gasteiger partial charge is 0.222 e. The number of rotatable bonds is 9. The lowest BCUT2D eigenvalue weighted by Gasteiger charge is -2.35. The van der Waals surface area contributed by atoms with Gasteiger partial charge in [-0.25, -0.2) is 4.99 Å². The number of ether oxygens (including phenoxy) is 1. The van der Waals surface area contributed by atoms with Crippen LogP contribution in [0.1, 0.15) is 51.2 Å². The summed E-state index contributed by atoms with van der Waals surface area (Å²) in [6.07, 6.45) is 3.24. The molecule has 1 amide bonds. The van der Waals surface area contributed by atoms with E-state index in [1.54, 1.807) is 0 Å². The number of benzene rings is 1. The maximum Gasteiger partial charge on any atom is 0.222 e. The maximum absolute atomic E-state index is 11.7. The molecule has 2 unspecified atom stereocenters. The van der Waals surface area contributed by atoms with Gasteiger partial charge in [-0.2, -0.15) is 0 Å². The summed E-state index contributed by atoms with van der Waals surface area (Å²) in [5, 5.41) is 6.69. The molecule has 0 radical (unpaired) electrons. The fourth-order valence-electron chi connectivity index (χ4n) is 4.35. The Balaban J connectivity index is 1.43. The zero-order valence-electron chi connectivity index (χ0n) is 19.4. The number of morpholine rings is 1. The van der Waals surface area contributed by atoms with Crippen LogP contribution in [0.15, 0.2) is 29.3 Å². The van der Waals surface area contributed by atoms with Crippen LogP contribution in [0.4, 0.5) is 0 Å². The van der Waals surface area contributed by atoms with E-state index in [1.165, 1.54) is 11.1 Å². The molecule has 3 rings (SSSR count). The summed E-state index contributed by atoms with van der Waals surface area (Å²) in [6, 6.07) is 8.77. The van der Waals surface area contributed by atoms with Crippen molar-refractivity contribution < 1.29 is 9.53 Å². The van der Waals surface area contributed by atoms with E-state index >= 15 is 0 Å². The van der Waals surface area contributed by atoms with Crippen LogP contribution in [0.5, 0.6) is 0 Å². The van der Waals surface area contributed by atoms with Crippen molar-refractivity contribution in [2.45, 2.75) is 65.3 Å². The molecule has 2 aliphatic rings. The van der Waals surface area contributed by atoms with Gasteiger partial charge < -0.3 is 20.3 Å². The highest BCUT2D eigenvalue weighted by atomic mass is 16.5. The summed E-state index contributed by atoms with van der Waals surface area (Å²) in [5.74, 6) is 1.12. The van der Waals surface area contributed by atoms with Crippen LogP contribution in [0.3, 0.4) is 0 Å². The predicted molar refractivity (Wildman–Crippen MR) is 125 cm³/mol. The van der Waals surface area contributed by atoms with Gasteiger partial charge in [0, 0.05) is 52.2 Å². The quantitative estimate of drug-likeness (QED) is 0.358. The monoisotopic (exact) mass is 429 g/mol. The minimum Gasteiger partial charge on any atom is -0.373 e. The van der Waals surface area contributed by atoms with E-state index in [9.17, 15) is 4.79 Å². The SMILES string of the molecule is CCNC(=NCc1ccc(CN2CC(C)OC(C)C2)cc1)NCCCN1CCCC1=O. The number of hydrogen-bond acceptors (Lipinski definition) is 4. The molecule has 0 saturated carbocycles. The molecule has 2 atom stereocenters. The maximum atomic E-state index is 11.7. The van der Waals surface area contributed by atoms with E-state index in [0.29, 0.717) is 31.1 Å². The lowest BCUT2D eigenvalue weighted by atomic mass is 10.1. The minimum atomic E-state index is 0.293. The fraction of sp³-hybridized carbons (Fsp3) is 0.667. The first-order valence-electron chi connectivity index (χ1n) is 11.8. The molecule has 31 heavy (non-hydrogen) atoms. The third kappa shape index (κ3) is 7.82. The summed E-state index contributed by atoms with van der Waals surface area (Å²) < 4.78 is 5.83. The summed E-state index contributed by atoms with van der Waals surface area (Å²) in [4.78, 5) is 20.8. The van der Waals surface area contributed by atoms with Crippen molar-refractivity contribution in [2.24, 2.45) is 4.99 Å². The van der Waals surface area contributed by atoms with E-state index in [2.05, 4.69) is 60.6 Å². The van der Waals surface area contributed by atoms with Crippen molar-refractivity contribution in [3.63, 3.8) is 0 Å². The Labute approximate surface area is 187 Å². The molecule has 1 aromatic rings. The zero-order chi connectivity index (χ0) is 22.1. The van der Waals surface area contributed by atoms with Gasteiger partial charge in [-0.05, 0) is 44.7 Å². The van der Waals surface area contributed by atoms with Gasteiger partial charge in [0.05, 0.1) is 18.8 Å². The second kappa shape index (κ2) is 12.1. The Hall–Kier alpha value is -2.12. The first kappa shape index (κ1) is 23.5. The largest absolute Gasteiger partial charge is 0.373 e. The second-order valence-corrected chi connectivity index (χ2v) is 8.73. The van der Waals surface area contributed by atoms with Crippen LogP contribution in [-0.2, 0) is 22.6 Å². The standard InChI is InChI=1S/C24H39N5O2/c1-4-25-24(26-12-6-14-29-13-5-7-23(29)30)27-15-21-8-10-22(11-9-21)18-28-16-19(2)31-20(3)17-28/h8-11,19-20H,4-7,12-18H2,1-3H3,(H2,25,26,27). The Morgan fingerprint density at radius 2 is 1.84 bits per heavy atom. The minimum absolute atomic E-state index is 0.293. The van der Waals surface area contributed by atoms with E-state index in [0.717, 1.165) is 64.6 Å². The summed E-state index contributed by atoms with van der Waals surface area (Å²) in [5.41, 5.74) is 2.53. The van der Waals surface area contributed by atoms with Crippen LogP contribution in [-0.4, -0.2) is 73.1 Å². The highest BCUT2D eigenvalue weighted by Gasteiger charge is 2.22. The number of aliphatic imine (C=N–C) groups is 1. The van der Waals surface area contributed by atoms with Gasteiger partial charge >= 0.3 is 0 Å². The third-order valence-corrected chi connectivity index (χ3v) is 5.76. The number of nitrogens with one attached hydrogen (secondary N) is 2. The normalized spacial score (nSPS) is 22.7. The number of nitrogens with zero attached hydrogens (tertiary/aromatic N) is 3. The van der Waals surface area contributed by atoms with Crippen molar-refractivity contribution in [1.29, 1.82) is 0 Å². The van der Waals surface area contributed by atoms with Gasteiger partial charge in [-0.15, -0.1) is 0 Å². The van der Waals surface area contributed by atoms with Crippen LogP contribution in [0, 0.1) is 0 Å². The lowest BCUT2D eigenvalue weighted by molar-refractivity contribution is -0.127. The Morgan fingerprint density at radius 3 is 2.48 bits per heavy atom. The fourth-order valence-corrected chi connectivity index (χ4v) is 4.35. The van der Waals surface area contributed by atoms with Gasteiger partial charge in [0.1, 0.15) is 0 Å². The van der Waals surface area contributed by atoms with E-state index in [4.69, 9.17) is 9.73 Å². The third-order valence-electron chi connectivity index (χ3n) is 5.76. The Bertz CT molecular complexity index is 711. The molecule has 2 saturated heterocycles. The first-order valence-corrected chi connectivity index (χ1v) is 11.8. The summed E-state index contributed by atoms with van der Waals surface area (Å²) in [6.45, 7) is 13.3. The molecule has 1 aromatic carbocycles. The van der Waals surface area contributed by atoms with Crippen LogP contribution in [0.25, 0.3) is 0 Å². The van der Waals surface area contributed by atoms with E-state index in [-0.39, 0.29) is 0 Å². The molecule has 0 aromatic heterocycles. The average molecular weight is 430 g/mol. The lowest BCUT2D eigenvalue weighted by Crippen LogP contribution is -2.44. The van der Waals surface area contributed by atoms with Gasteiger partial charge in [0.25, 0.3) is 0 Å². The zero-order valence-corrected chi connectivity index (χ0v) is 19.4. The van der Waals surface area contributed by atoms with Crippen molar-refractivity contribution in [2.75, 3.05) is 39.3 Å². The van der Waals surface area contributed by atoms with Crippen molar-refractivity contribution in [3.05, 3.63) is 35.4 Å². The molecule has 0 aliphatic carbocycles. The number of likely N-dealkylation sites (tertiary alicyclic amines) is 1. The van der Waals surface area contributed by atoms with E-state index < -0.39 is 0 Å². The molecule has 2 aliphatic heterocycles. The summed E-state index contributed by atoms with van der Waals surface area (Å²) >= 11 is 0. The van der Waals surface area contributed by atoms with Crippen LogP contribution < -0.4 is 10.6 Å². The number of guanidine groups is 1. The van der Waals surface area contributed by atoms with Crippen molar-refractivity contribution in [1.82, 2.24) is 20.4 Å². The number of carbonyl (C=O) groups excluding carboxylic acids is 1. The van der Waals surface area contributed by atoms with Crippen molar-refractivity contribution >= 4 is 11.9 Å². The van der Waals surface area contributed by atoms with Gasteiger partial charge in [0.15, 0.2) is 5.96 Å². The number of amides is 1. The first-order chi connectivity index (χ1) is 15.0. The molecule has 2 heterocycles. The Morgan fingerprint density at radius 1 is 1.13 bits per heavy atom. The molecule has 7 nitrogen and oxygen atoms in total. The average Bonchev–Trinajstić information content (AvgIpc) is 3.14. The predicted octanol–water partition coefficient (Wildman–Crippen LogP) is 2.36. The van der Waals surface area contributed by atoms with Gasteiger partial charge in [-0.3, -0.25) is 9.69 Å². The highest BCUT2D eigenvalue weighted by molar-refractivity contribution is 5.79. The topological polar surface area (TPSA) is 69.2 Å². The van der Waals surface area contributed by atoms with Gasteiger partial charge in [-0.1, -0.05) is 24.3 Å². The van der Waals surface area contributed by atoms with E-state index in [1.807, 2.05) is 4.90 Å². The molecular weight excluding hydrogens is 390 g/mol. The van der Waals surface area contributed by atoms with Crippen LogP contribution >= 0.6 is 0 Å². The highest BCUT2D eigenvalue weighted by Crippen LogP contribution is 2.15. The van der Waals surface area contributed by atoms with Crippen molar-refractivity contribution in [3.8, 4) is 0 Å². The number of carbonyl (C=O) groups is 1. The van der Waals surface area contributed by atoms with Gasteiger partial charge in [0.2, 0.25) is 5.91 Å².